The lowest BCUT2D eigenvalue weighted by Crippen LogP contribution is -2.44. The molecule has 0 aromatic carbocycles. The summed E-state index contributed by atoms with van der Waals surface area (Å²) < 4.78 is 2.19. The fourth-order valence-corrected chi connectivity index (χ4v) is 2.42. The lowest BCUT2D eigenvalue weighted by atomic mass is 10.0. The number of fused-ring (bicyclic) bond motifs is 1. The van der Waals surface area contributed by atoms with E-state index >= 15 is 0 Å². The van der Waals surface area contributed by atoms with E-state index in [0.717, 1.165) is 18.6 Å². The SMILES string of the molecule is SN1CCC2NCCCC21. The lowest BCUT2D eigenvalue weighted by Gasteiger charge is -2.29. The second-order valence-corrected chi connectivity index (χ2v) is 3.74. The fourth-order valence-electron chi connectivity index (χ4n) is 2.02. The van der Waals surface area contributed by atoms with Crippen LogP contribution in [0.4, 0.5) is 0 Å². The molecule has 0 aromatic rings. The highest BCUT2D eigenvalue weighted by molar-refractivity contribution is 7.77. The van der Waals surface area contributed by atoms with Gasteiger partial charge in [-0.2, -0.15) is 0 Å². The topological polar surface area (TPSA) is 15.3 Å². The number of nitrogens with zero attached hydrogens (tertiary/aromatic N) is 1. The predicted octanol–water partition coefficient (Wildman–Crippen LogP) is 0.657. The minimum absolute atomic E-state index is 0.720. The third-order valence-corrected chi connectivity index (χ3v) is 3.10. The normalized spacial score (nSPS) is 41.7. The van der Waals surface area contributed by atoms with Crippen molar-refractivity contribution in [3.8, 4) is 0 Å². The van der Waals surface area contributed by atoms with Gasteiger partial charge in [-0.25, -0.2) is 4.31 Å². The van der Waals surface area contributed by atoms with Crippen molar-refractivity contribution in [1.29, 1.82) is 0 Å². The Kier molecular flexibility index (Phi) is 1.89. The summed E-state index contributed by atoms with van der Waals surface area (Å²) in [5.41, 5.74) is 0. The summed E-state index contributed by atoms with van der Waals surface area (Å²) >= 11 is 4.41. The van der Waals surface area contributed by atoms with E-state index < -0.39 is 0 Å². The zero-order chi connectivity index (χ0) is 6.97. The Balaban J connectivity index is 2.01. The van der Waals surface area contributed by atoms with E-state index in [2.05, 4.69) is 22.4 Å². The minimum Gasteiger partial charge on any atom is -0.312 e. The Morgan fingerprint density at radius 3 is 3.10 bits per heavy atom. The Morgan fingerprint density at radius 1 is 1.40 bits per heavy atom. The van der Waals surface area contributed by atoms with Crippen LogP contribution >= 0.6 is 12.8 Å². The first-order valence-electron chi connectivity index (χ1n) is 4.07. The summed E-state index contributed by atoms with van der Waals surface area (Å²) in [6.07, 6.45) is 3.94. The van der Waals surface area contributed by atoms with Crippen LogP contribution in [0.5, 0.6) is 0 Å². The molecule has 2 saturated heterocycles. The molecule has 0 saturated carbocycles. The van der Waals surface area contributed by atoms with Crippen LogP contribution in [-0.4, -0.2) is 29.5 Å². The van der Waals surface area contributed by atoms with Crippen molar-refractivity contribution in [1.82, 2.24) is 9.62 Å². The van der Waals surface area contributed by atoms with Gasteiger partial charge in [0.1, 0.15) is 0 Å². The Labute approximate surface area is 67.5 Å². The standard InChI is InChI=1S/C7H14N2S/c10-9-5-3-6-7(9)2-1-4-8-6/h6-8,10H,1-5H2. The van der Waals surface area contributed by atoms with Gasteiger partial charge in [-0.05, 0) is 25.8 Å². The molecule has 2 fully saturated rings. The van der Waals surface area contributed by atoms with Crippen molar-refractivity contribution in [2.45, 2.75) is 31.3 Å². The van der Waals surface area contributed by atoms with Gasteiger partial charge in [-0.15, -0.1) is 0 Å². The number of nitrogens with one attached hydrogen (secondary N) is 1. The first-order valence-corrected chi connectivity index (χ1v) is 4.47. The van der Waals surface area contributed by atoms with Gasteiger partial charge in [0.05, 0.1) is 0 Å². The van der Waals surface area contributed by atoms with Gasteiger partial charge in [-0.1, -0.05) is 12.8 Å². The molecule has 2 atom stereocenters. The van der Waals surface area contributed by atoms with Gasteiger partial charge in [0.25, 0.3) is 0 Å². The van der Waals surface area contributed by atoms with Crippen molar-refractivity contribution >= 4 is 12.8 Å². The van der Waals surface area contributed by atoms with E-state index in [-0.39, 0.29) is 0 Å². The molecule has 1 N–H and O–H groups in total. The molecule has 2 aliphatic heterocycles. The van der Waals surface area contributed by atoms with E-state index in [9.17, 15) is 0 Å². The maximum atomic E-state index is 4.41. The smallest absolute Gasteiger partial charge is 0.0354 e. The average Bonchev–Trinajstić information content (AvgIpc) is 2.34. The van der Waals surface area contributed by atoms with Crippen molar-refractivity contribution in [2.75, 3.05) is 13.1 Å². The number of hydrogen-bond acceptors (Lipinski definition) is 3. The molecule has 3 heteroatoms. The summed E-state index contributed by atoms with van der Waals surface area (Å²) in [5.74, 6) is 0. The van der Waals surface area contributed by atoms with E-state index in [1.54, 1.807) is 0 Å². The molecule has 2 aliphatic rings. The van der Waals surface area contributed by atoms with Crippen molar-refractivity contribution < 1.29 is 0 Å². The summed E-state index contributed by atoms with van der Waals surface area (Å²) in [6.45, 7) is 2.37. The Morgan fingerprint density at radius 2 is 2.30 bits per heavy atom. The van der Waals surface area contributed by atoms with Gasteiger partial charge in [-0.3, -0.25) is 0 Å². The number of hydrogen-bond donors (Lipinski definition) is 2. The molecule has 0 aliphatic carbocycles. The molecule has 0 spiro atoms. The molecule has 0 amide bonds. The van der Waals surface area contributed by atoms with Crippen LogP contribution in [0, 0.1) is 0 Å². The van der Waals surface area contributed by atoms with Crippen molar-refractivity contribution in [3.05, 3.63) is 0 Å². The molecule has 2 nitrogen and oxygen atoms in total. The Hall–Kier alpha value is 0.270. The molecule has 0 aromatic heterocycles. The van der Waals surface area contributed by atoms with Gasteiger partial charge in [0.15, 0.2) is 0 Å². The molecule has 2 heterocycles. The van der Waals surface area contributed by atoms with Crippen LogP contribution in [0.2, 0.25) is 0 Å². The largest absolute Gasteiger partial charge is 0.312 e. The van der Waals surface area contributed by atoms with Gasteiger partial charge >= 0.3 is 0 Å². The van der Waals surface area contributed by atoms with E-state index in [0.29, 0.717) is 0 Å². The highest BCUT2D eigenvalue weighted by atomic mass is 32.1. The number of piperidine rings is 1. The molecule has 0 radical (unpaired) electrons. The van der Waals surface area contributed by atoms with E-state index in [1.807, 2.05) is 0 Å². The lowest BCUT2D eigenvalue weighted by molar-refractivity contribution is 0.307. The second kappa shape index (κ2) is 2.72. The summed E-state index contributed by atoms with van der Waals surface area (Å²) in [6, 6.07) is 1.46. The molecular formula is C7H14N2S. The Bertz CT molecular complexity index is 127. The molecular weight excluding hydrogens is 144 g/mol. The van der Waals surface area contributed by atoms with Gasteiger partial charge in [0.2, 0.25) is 0 Å². The van der Waals surface area contributed by atoms with Crippen molar-refractivity contribution in [2.24, 2.45) is 0 Å². The summed E-state index contributed by atoms with van der Waals surface area (Å²) in [5, 5.41) is 3.52. The average molecular weight is 158 g/mol. The van der Waals surface area contributed by atoms with Gasteiger partial charge in [0, 0.05) is 18.6 Å². The monoisotopic (exact) mass is 158 g/mol. The summed E-state index contributed by atoms with van der Waals surface area (Å²) in [7, 11) is 0. The van der Waals surface area contributed by atoms with Crippen LogP contribution in [0.1, 0.15) is 19.3 Å². The fraction of sp³-hybridized carbons (Fsp3) is 1.00. The molecule has 58 valence electrons. The third kappa shape index (κ3) is 1.06. The van der Waals surface area contributed by atoms with Crippen LogP contribution < -0.4 is 5.32 Å². The first kappa shape index (κ1) is 6.95. The number of rotatable bonds is 0. The van der Waals surface area contributed by atoms with Crippen molar-refractivity contribution in [3.63, 3.8) is 0 Å². The maximum Gasteiger partial charge on any atom is 0.0354 e. The quantitative estimate of drug-likeness (QED) is 0.503. The zero-order valence-corrected chi connectivity index (χ0v) is 6.98. The van der Waals surface area contributed by atoms with E-state index in [1.165, 1.54) is 25.8 Å². The molecule has 10 heavy (non-hydrogen) atoms. The van der Waals surface area contributed by atoms with E-state index in [4.69, 9.17) is 0 Å². The minimum atomic E-state index is 0.720. The first-order chi connectivity index (χ1) is 4.88. The highest BCUT2D eigenvalue weighted by Gasteiger charge is 2.33. The third-order valence-electron chi connectivity index (χ3n) is 2.60. The maximum absolute atomic E-state index is 4.41. The van der Waals surface area contributed by atoms with Gasteiger partial charge < -0.3 is 5.32 Å². The molecule has 2 rings (SSSR count). The zero-order valence-electron chi connectivity index (χ0n) is 6.08. The predicted molar refractivity (Wildman–Crippen MR) is 45.1 cm³/mol. The number of thiol groups is 1. The molecule has 2 unspecified atom stereocenters. The van der Waals surface area contributed by atoms with Crippen LogP contribution in [0.3, 0.4) is 0 Å². The van der Waals surface area contributed by atoms with Crippen LogP contribution in [0.25, 0.3) is 0 Å². The van der Waals surface area contributed by atoms with Crippen LogP contribution in [0.15, 0.2) is 0 Å². The molecule has 0 bridgehead atoms. The summed E-state index contributed by atoms with van der Waals surface area (Å²) in [4.78, 5) is 0. The van der Waals surface area contributed by atoms with Crippen LogP contribution in [-0.2, 0) is 0 Å². The highest BCUT2D eigenvalue weighted by Crippen LogP contribution is 2.25. The second-order valence-electron chi connectivity index (χ2n) is 3.22.